The second kappa shape index (κ2) is 20.2. The van der Waals surface area contributed by atoms with Gasteiger partial charge >= 0.3 is 0 Å². The smallest absolute Gasteiger partial charge is 0.261 e. The molecule has 43 heavy (non-hydrogen) atoms. The minimum atomic E-state index is -1.11. The van der Waals surface area contributed by atoms with Crippen LogP contribution in [0, 0.1) is 5.92 Å². The lowest BCUT2D eigenvalue weighted by atomic mass is 9.91. The summed E-state index contributed by atoms with van der Waals surface area (Å²) in [7, 11) is 1.77. The number of nitrogens with one attached hydrogen (secondary N) is 1. The van der Waals surface area contributed by atoms with Crippen molar-refractivity contribution in [1.82, 2.24) is 10.4 Å². The molecule has 1 N–H and O–H groups in total. The summed E-state index contributed by atoms with van der Waals surface area (Å²) in [6, 6.07) is 18.1. The fraction of sp³-hybridized carbons (Fsp3) is 0.421. The Morgan fingerprint density at radius 2 is 1.67 bits per heavy atom. The Hall–Kier alpha value is -3.70. The molecule has 0 fully saturated rings. The summed E-state index contributed by atoms with van der Waals surface area (Å²) in [5.41, 5.74) is 6.43. The number of allylic oxidation sites excluding steroid dienone is 2. The summed E-state index contributed by atoms with van der Waals surface area (Å²) in [6.07, 6.45) is 15.4. The topological polar surface area (TPSA) is 58.6 Å². The Morgan fingerprint density at radius 3 is 2.23 bits per heavy atom. The molecule has 1 heterocycles. The summed E-state index contributed by atoms with van der Waals surface area (Å²) in [6.45, 7) is 18.4. The molecule has 0 radical (unpaired) electrons. The van der Waals surface area contributed by atoms with E-state index in [-0.39, 0.29) is 11.7 Å². The van der Waals surface area contributed by atoms with Crippen LogP contribution in [0.5, 0.6) is 0 Å². The lowest BCUT2D eigenvalue weighted by Crippen LogP contribution is -2.46. The lowest BCUT2D eigenvalue weighted by Gasteiger charge is -2.26. The number of amides is 1. The third kappa shape index (κ3) is 12.6. The maximum atomic E-state index is 13.0. The number of carbonyl (C=O) groups excluding carboxylic acids is 2. The first kappa shape index (κ1) is 37.3. The number of hydrogen-bond donors (Lipinski definition) is 1. The zero-order valence-corrected chi connectivity index (χ0v) is 27.6. The summed E-state index contributed by atoms with van der Waals surface area (Å²) < 4.78 is 0. The summed E-state index contributed by atoms with van der Waals surface area (Å²) in [5.74, 6) is 0.751. The highest BCUT2D eigenvalue weighted by Gasteiger charge is 2.40. The van der Waals surface area contributed by atoms with E-state index in [1.54, 1.807) is 37.1 Å². The molecule has 0 aromatic heterocycles. The fourth-order valence-corrected chi connectivity index (χ4v) is 5.15. The molecule has 1 aliphatic heterocycles. The van der Waals surface area contributed by atoms with Crippen molar-refractivity contribution in [3.63, 3.8) is 0 Å². The van der Waals surface area contributed by atoms with Crippen molar-refractivity contribution in [2.75, 3.05) is 13.6 Å². The number of likely N-dealkylation sites (N-methyl/N-ethyl adjacent to an activating group) is 1. The van der Waals surface area contributed by atoms with Crippen molar-refractivity contribution in [2.24, 2.45) is 5.92 Å². The highest BCUT2D eigenvalue weighted by molar-refractivity contribution is 5.95. The van der Waals surface area contributed by atoms with Gasteiger partial charge in [0.25, 0.3) is 5.91 Å². The molecule has 1 aliphatic rings. The van der Waals surface area contributed by atoms with Gasteiger partial charge in [-0.3, -0.25) is 19.9 Å². The summed E-state index contributed by atoms with van der Waals surface area (Å²) in [4.78, 5) is 31.9. The molecule has 5 nitrogen and oxygen atoms in total. The van der Waals surface area contributed by atoms with Gasteiger partial charge in [-0.05, 0) is 62.8 Å². The Morgan fingerprint density at radius 1 is 1.02 bits per heavy atom. The second-order valence-electron chi connectivity index (χ2n) is 11.0. The van der Waals surface area contributed by atoms with Crippen LogP contribution in [0.1, 0.15) is 95.1 Å². The Bertz CT molecular complexity index is 1210. The van der Waals surface area contributed by atoms with Gasteiger partial charge in [-0.2, -0.15) is 0 Å². The van der Waals surface area contributed by atoms with Crippen molar-refractivity contribution in [3.8, 4) is 0 Å². The third-order valence-electron chi connectivity index (χ3n) is 7.17. The summed E-state index contributed by atoms with van der Waals surface area (Å²) >= 11 is 0. The molecule has 2 aromatic rings. The number of ketones is 1. The van der Waals surface area contributed by atoms with Gasteiger partial charge in [0.1, 0.15) is 0 Å². The van der Waals surface area contributed by atoms with Crippen LogP contribution in [-0.4, -0.2) is 35.8 Å². The Balaban J connectivity index is 0.000000485. The molecule has 3 rings (SSSR count). The highest BCUT2D eigenvalue weighted by Crippen LogP contribution is 2.28. The predicted octanol–water partition coefficient (Wildman–Crippen LogP) is 9.14. The van der Waals surface area contributed by atoms with E-state index in [0.717, 1.165) is 23.5 Å². The quantitative estimate of drug-likeness (QED) is 0.144. The van der Waals surface area contributed by atoms with E-state index in [0.29, 0.717) is 17.8 Å². The average molecular weight is 587 g/mol. The lowest BCUT2D eigenvalue weighted by molar-refractivity contribution is -0.151. The molecule has 0 saturated carbocycles. The van der Waals surface area contributed by atoms with Crippen molar-refractivity contribution in [2.45, 2.75) is 85.7 Å². The molecule has 2 aromatic carbocycles. The number of nitrogens with zero attached hydrogens (tertiary/aromatic N) is 1. The van der Waals surface area contributed by atoms with Crippen molar-refractivity contribution < 1.29 is 14.4 Å². The first-order valence-electron chi connectivity index (χ1n) is 15.6. The first-order valence-corrected chi connectivity index (χ1v) is 15.6. The Kier molecular flexibility index (Phi) is 17.6. The SMILES string of the molecule is C/C=C\C(=C/CC)CN(C)C(=O)C1(C)C=C(c2cccc(C(C)=O)c2)NO1.C=C.CCCC(CCC)Cc1ccccc1. The standard InChI is InChI=1S/C22H28N2O3.C14H22.C2H4/c1-6-9-17(10-7-2)15-24(5)21(26)22(4)14-20(23-27-22)19-12-8-11-18(13-19)16(3)25;1-3-8-13(9-4-2)12-14-10-6-5-7-11-14;1-2/h6,8-14,23H,7,15H2,1-5H3;5-7,10-11,13H,3-4,8-9,12H2,1-2H3;1-2H2/b9-6-,17-10+;;. The van der Waals surface area contributed by atoms with E-state index >= 15 is 0 Å². The number of hydrogen-bond acceptors (Lipinski definition) is 4. The van der Waals surface area contributed by atoms with Gasteiger partial charge in [-0.15, -0.1) is 13.2 Å². The normalized spacial score (nSPS) is 16.0. The van der Waals surface area contributed by atoms with Crippen molar-refractivity contribution >= 4 is 17.4 Å². The minimum absolute atomic E-state index is 0.00541. The minimum Gasteiger partial charge on any atom is -0.339 e. The van der Waals surface area contributed by atoms with Crippen LogP contribution in [0.4, 0.5) is 0 Å². The predicted molar refractivity (Wildman–Crippen MR) is 183 cm³/mol. The van der Waals surface area contributed by atoms with Crippen molar-refractivity contribution in [1.29, 1.82) is 0 Å². The van der Waals surface area contributed by atoms with Gasteiger partial charge in [0.2, 0.25) is 0 Å². The molecule has 0 bridgehead atoms. The maximum Gasteiger partial charge on any atom is 0.261 e. The van der Waals surface area contributed by atoms with E-state index in [1.165, 1.54) is 44.6 Å². The zero-order chi connectivity index (χ0) is 32.3. The van der Waals surface area contributed by atoms with Crippen LogP contribution in [0.3, 0.4) is 0 Å². The number of carbonyl (C=O) groups is 2. The van der Waals surface area contributed by atoms with E-state index in [4.69, 9.17) is 4.84 Å². The number of Topliss-reactive ketones (excluding diaryl/α,β-unsaturated/α-hetero) is 1. The Labute approximate surface area is 261 Å². The largest absolute Gasteiger partial charge is 0.339 e. The molecule has 0 saturated heterocycles. The molecule has 1 unspecified atom stereocenters. The third-order valence-corrected chi connectivity index (χ3v) is 7.17. The van der Waals surface area contributed by atoms with E-state index in [2.05, 4.69) is 75.8 Å². The fourth-order valence-electron chi connectivity index (χ4n) is 5.15. The number of rotatable bonds is 13. The molecule has 1 amide bonds. The average Bonchev–Trinajstić information content (AvgIpc) is 3.42. The molecular weight excluding hydrogens is 532 g/mol. The first-order chi connectivity index (χ1) is 20.7. The molecule has 0 spiro atoms. The van der Waals surface area contributed by atoms with Gasteiger partial charge in [0.15, 0.2) is 11.4 Å². The molecule has 234 valence electrons. The number of hydroxylamine groups is 1. The van der Waals surface area contributed by atoms with Crippen molar-refractivity contribution in [3.05, 3.63) is 114 Å². The van der Waals surface area contributed by atoms with Crippen LogP contribution >= 0.6 is 0 Å². The van der Waals surface area contributed by atoms with Crippen LogP contribution in [0.25, 0.3) is 5.70 Å². The highest BCUT2D eigenvalue weighted by atomic mass is 16.7. The van der Waals surface area contributed by atoms with E-state index in [9.17, 15) is 9.59 Å². The van der Waals surface area contributed by atoms with E-state index in [1.807, 2.05) is 31.2 Å². The van der Waals surface area contributed by atoms with Crippen LogP contribution in [0.2, 0.25) is 0 Å². The van der Waals surface area contributed by atoms with Gasteiger partial charge in [0, 0.05) is 24.7 Å². The van der Waals surface area contributed by atoms with Crippen LogP contribution in [-0.2, 0) is 16.1 Å². The van der Waals surface area contributed by atoms with Gasteiger partial charge in [-0.25, -0.2) is 0 Å². The monoisotopic (exact) mass is 586 g/mol. The van der Waals surface area contributed by atoms with E-state index < -0.39 is 5.60 Å². The van der Waals surface area contributed by atoms with Gasteiger partial charge in [-0.1, -0.05) is 113 Å². The summed E-state index contributed by atoms with van der Waals surface area (Å²) in [5, 5.41) is 0. The zero-order valence-electron chi connectivity index (χ0n) is 27.6. The molecule has 0 aliphatic carbocycles. The molecule has 1 atom stereocenters. The second-order valence-corrected chi connectivity index (χ2v) is 11.0. The van der Waals surface area contributed by atoms with Gasteiger partial charge in [0.05, 0.1) is 5.70 Å². The van der Waals surface area contributed by atoms with Crippen LogP contribution in [0.15, 0.2) is 97.6 Å². The molecular formula is C38H54N2O3. The van der Waals surface area contributed by atoms with Gasteiger partial charge < -0.3 is 4.90 Å². The van der Waals surface area contributed by atoms with Crippen LogP contribution < -0.4 is 5.48 Å². The maximum absolute atomic E-state index is 13.0. The molecule has 5 heteroatoms. The number of benzene rings is 2.